The van der Waals surface area contributed by atoms with Crippen LogP contribution in [0.15, 0.2) is 18.2 Å². The second-order valence-corrected chi connectivity index (χ2v) is 3.77. The van der Waals surface area contributed by atoms with Crippen LogP contribution in [0.25, 0.3) is 0 Å². The number of rotatable bonds is 2. The first-order valence-electron chi connectivity index (χ1n) is 5.16. The molecule has 1 heterocycles. The van der Waals surface area contributed by atoms with Crippen molar-refractivity contribution in [2.24, 2.45) is 0 Å². The van der Waals surface area contributed by atoms with Crippen molar-refractivity contribution in [3.05, 3.63) is 33.9 Å². The Labute approximate surface area is 93.1 Å². The average Bonchev–Trinajstić information content (AvgIpc) is 2.81. The Morgan fingerprint density at radius 2 is 2.06 bits per heavy atom. The smallest absolute Gasteiger partial charge is 0.292 e. The Morgan fingerprint density at radius 1 is 1.38 bits per heavy atom. The second kappa shape index (κ2) is 4.19. The molecule has 0 radical (unpaired) electrons. The summed E-state index contributed by atoms with van der Waals surface area (Å²) in [6.07, 6.45) is 2.10. The third kappa shape index (κ3) is 1.82. The minimum Gasteiger partial charge on any atom is -0.366 e. The van der Waals surface area contributed by atoms with Gasteiger partial charge in [0.1, 0.15) is 5.69 Å². The Kier molecular flexibility index (Phi) is 2.73. The van der Waals surface area contributed by atoms with Crippen molar-refractivity contribution >= 4 is 11.4 Å². The van der Waals surface area contributed by atoms with Gasteiger partial charge in [0, 0.05) is 19.2 Å². The minimum atomic E-state index is -0.394. The largest absolute Gasteiger partial charge is 0.366 e. The maximum absolute atomic E-state index is 10.9. The standard InChI is InChI=1S/C11H11N3O2/c12-8-9-3-4-10(14(15)16)11(7-9)13-5-1-2-6-13/h3-4,7H,1-2,5-6H2. The average molecular weight is 217 g/mol. The molecule has 0 spiro atoms. The maximum Gasteiger partial charge on any atom is 0.292 e. The molecule has 82 valence electrons. The predicted molar refractivity (Wildman–Crippen MR) is 59.3 cm³/mol. The zero-order valence-corrected chi connectivity index (χ0v) is 8.72. The lowest BCUT2D eigenvalue weighted by atomic mass is 10.1. The van der Waals surface area contributed by atoms with E-state index in [4.69, 9.17) is 5.26 Å². The second-order valence-electron chi connectivity index (χ2n) is 3.77. The molecule has 5 heteroatoms. The first kappa shape index (κ1) is 10.4. The lowest BCUT2D eigenvalue weighted by Crippen LogP contribution is -2.19. The SMILES string of the molecule is N#Cc1ccc([N+](=O)[O-])c(N2CCCC2)c1. The number of hydrogen-bond acceptors (Lipinski definition) is 4. The summed E-state index contributed by atoms with van der Waals surface area (Å²) in [4.78, 5) is 12.5. The molecule has 0 saturated carbocycles. The van der Waals surface area contributed by atoms with Gasteiger partial charge < -0.3 is 4.90 Å². The van der Waals surface area contributed by atoms with Crippen LogP contribution in [0.2, 0.25) is 0 Å². The highest BCUT2D eigenvalue weighted by atomic mass is 16.6. The van der Waals surface area contributed by atoms with E-state index < -0.39 is 4.92 Å². The van der Waals surface area contributed by atoms with Gasteiger partial charge >= 0.3 is 0 Å². The van der Waals surface area contributed by atoms with Gasteiger partial charge in [0.05, 0.1) is 16.6 Å². The van der Waals surface area contributed by atoms with Crippen LogP contribution in [0.4, 0.5) is 11.4 Å². The molecule has 1 fully saturated rings. The van der Waals surface area contributed by atoms with E-state index >= 15 is 0 Å². The van der Waals surface area contributed by atoms with E-state index in [9.17, 15) is 10.1 Å². The molecule has 2 rings (SSSR count). The van der Waals surface area contributed by atoms with Crippen LogP contribution in [0.1, 0.15) is 18.4 Å². The van der Waals surface area contributed by atoms with Crippen molar-refractivity contribution in [1.29, 1.82) is 5.26 Å². The molecule has 0 aliphatic carbocycles. The molecule has 0 unspecified atom stereocenters. The highest BCUT2D eigenvalue weighted by Gasteiger charge is 2.22. The Bertz CT molecular complexity index is 459. The quantitative estimate of drug-likeness (QED) is 0.561. The Hall–Kier alpha value is -2.09. The molecule has 0 atom stereocenters. The molecule has 1 aromatic rings. The van der Waals surface area contributed by atoms with Crippen LogP contribution >= 0.6 is 0 Å². The third-order valence-corrected chi connectivity index (χ3v) is 2.75. The van der Waals surface area contributed by atoms with Crippen molar-refractivity contribution in [1.82, 2.24) is 0 Å². The highest BCUT2D eigenvalue weighted by molar-refractivity contribution is 5.66. The van der Waals surface area contributed by atoms with E-state index in [2.05, 4.69) is 0 Å². The molecule has 5 nitrogen and oxygen atoms in total. The van der Waals surface area contributed by atoms with Crippen LogP contribution < -0.4 is 4.90 Å². The van der Waals surface area contributed by atoms with Crippen LogP contribution in [0, 0.1) is 21.4 Å². The van der Waals surface area contributed by atoms with Crippen LogP contribution in [0.5, 0.6) is 0 Å². The van der Waals surface area contributed by atoms with Gasteiger partial charge in [0.25, 0.3) is 5.69 Å². The Balaban J connectivity index is 2.46. The molecule has 0 bridgehead atoms. The number of anilines is 1. The molecule has 1 aliphatic heterocycles. The number of nitro benzene ring substituents is 1. The predicted octanol–water partition coefficient (Wildman–Crippen LogP) is 2.07. The fourth-order valence-corrected chi connectivity index (χ4v) is 1.96. The van der Waals surface area contributed by atoms with Crippen LogP contribution in [0.3, 0.4) is 0 Å². The van der Waals surface area contributed by atoms with Gasteiger partial charge in [-0.2, -0.15) is 5.26 Å². The summed E-state index contributed by atoms with van der Waals surface area (Å²) in [5.41, 5.74) is 1.12. The monoisotopic (exact) mass is 217 g/mol. The first-order valence-corrected chi connectivity index (χ1v) is 5.16. The summed E-state index contributed by atoms with van der Waals surface area (Å²) < 4.78 is 0. The van der Waals surface area contributed by atoms with Crippen molar-refractivity contribution < 1.29 is 4.92 Å². The normalized spacial score (nSPS) is 14.8. The van der Waals surface area contributed by atoms with Crippen molar-refractivity contribution in [2.75, 3.05) is 18.0 Å². The van der Waals surface area contributed by atoms with Gasteiger partial charge in [-0.3, -0.25) is 10.1 Å². The summed E-state index contributed by atoms with van der Waals surface area (Å²) in [6.45, 7) is 1.66. The first-order chi connectivity index (χ1) is 7.72. The molecular formula is C11H11N3O2. The summed E-state index contributed by atoms with van der Waals surface area (Å²) in [5, 5.41) is 19.7. The van der Waals surface area contributed by atoms with Gasteiger partial charge in [-0.05, 0) is 25.0 Å². The molecule has 1 aromatic carbocycles. The summed E-state index contributed by atoms with van der Waals surface area (Å²) in [5.74, 6) is 0. The van der Waals surface area contributed by atoms with Gasteiger partial charge in [0.2, 0.25) is 0 Å². The minimum absolute atomic E-state index is 0.0842. The number of hydrogen-bond donors (Lipinski definition) is 0. The number of benzene rings is 1. The van der Waals surface area contributed by atoms with E-state index in [-0.39, 0.29) is 5.69 Å². The third-order valence-electron chi connectivity index (χ3n) is 2.75. The van der Waals surface area contributed by atoms with E-state index in [1.54, 1.807) is 6.07 Å². The van der Waals surface area contributed by atoms with E-state index in [0.29, 0.717) is 11.3 Å². The molecule has 1 aliphatic rings. The number of nitriles is 1. The molecule has 16 heavy (non-hydrogen) atoms. The summed E-state index contributed by atoms with van der Waals surface area (Å²) >= 11 is 0. The topological polar surface area (TPSA) is 70.2 Å². The molecular weight excluding hydrogens is 206 g/mol. The highest BCUT2D eigenvalue weighted by Crippen LogP contribution is 2.31. The number of nitrogens with zero attached hydrogens (tertiary/aromatic N) is 3. The molecule has 0 aromatic heterocycles. The van der Waals surface area contributed by atoms with E-state index in [1.165, 1.54) is 12.1 Å². The molecule has 0 N–H and O–H groups in total. The van der Waals surface area contributed by atoms with Crippen LogP contribution in [-0.2, 0) is 0 Å². The van der Waals surface area contributed by atoms with Gasteiger partial charge in [-0.25, -0.2) is 0 Å². The van der Waals surface area contributed by atoms with E-state index in [0.717, 1.165) is 25.9 Å². The summed E-state index contributed by atoms with van der Waals surface area (Å²) in [6, 6.07) is 6.50. The van der Waals surface area contributed by atoms with Gasteiger partial charge in [-0.1, -0.05) is 0 Å². The van der Waals surface area contributed by atoms with Crippen LogP contribution in [-0.4, -0.2) is 18.0 Å². The van der Waals surface area contributed by atoms with Crippen molar-refractivity contribution in [3.63, 3.8) is 0 Å². The fraction of sp³-hybridized carbons (Fsp3) is 0.364. The zero-order valence-electron chi connectivity index (χ0n) is 8.72. The summed E-state index contributed by atoms with van der Waals surface area (Å²) in [7, 11) is 0. The molecule has 1 saturated heterocycles. The zero-order chi connectivity index (χ0) is 11.5. The van der Waals surface area contributed by atoms with Gasteiger partial charge in [-0.15, -0.1) is 0 Å². The maximum atomic E-state index is 10.9. The Morgan fingerprint density at radius 3 is 2.62 bits per heavy atom. The van der Waals surface area contributed by atoms with E-state index in [1.807, 2.05) is 11.0 Å². The molecule has 0 amide bonds. The fourth-order valence-electron chi connectivity index (χ4n) is 1.96. The van der Waals surface area contributed by atoms with Gasteiger partial charge in [0.15, 0.2) is 0 Å². The van der Waals surface area contributed by atoms with Crippen molar-refractivity contribution in [3.8, 4) is 6.07 Å². The lowest BCUT2D eigenvalue weighted by molar-refractivity contribution is -0.384. The van der Waals surface area contributed by atoms with Crippen molar-refractivity contribution in [2.45, 2.75) is 12.8 Å². The lowest BCUT2D eigenvalue weighted by Gasteiger charge is -2.17. The number of nitro groups is 1.